The second kappa shape index (κ2) is 7.11. The fourth-order valence-corrected chi connectivity index (χ4v) is 2.47. The van der Waals surface area contributed by atoms with Gasteiger partial charge in [0.15, 0.2) is 0 Å². The molecule has 0 aromatic heterocycles. The Bertz CT molecular complexity index is 585. The van der Waals surface area contributed by atoms with Crippen LogP contribution in [0.5, 0.6) is 11.5 Å². The minimum Gasteiger partial charge on any atom is -0.496 e. The molecule has 0 aliphatic rings. The lowest BCUT2D eigenvalue weighted by molar-refractivity contribution is 0.263. The third-order valence-corrected chi connectivity index (χ3v) is 3.42. The molecule has 0 saturated heterocycles. The average Bonchev–Trinajstić information content (AvgIpc) is 2.50. The van der Waals surface area contributed by atoms with Crippen molar-refractivity contribution in [2.75, 3.05) is 13.7 Å². The van der Waals surface area contributed by atoms with E-state index in [1.165, 1.54) is 0 Å². The van der Waals surface area contributed by atoms with Crippen LogP contribution < -0.4 is 20.7 Å². The number of nitrogens with two attached hydrogens (primary N) is 1. The molecule has 3 N–H and O–H groups in total. The average molecular weight is 286 g/mol. The van der Waals surface area contributed by atoms with Gasteiger partial charge in [-0.05, 0) is 43.2 Å². The van der Waals surface area contributed by atoms with E-state index in [4.69, 9.17) is 15.3 Å². The van der Waals surface area contributed by atoms with E-state index in [0.717, 1.165) is 28.2 Å². The van der Waals surface area contributed by atoms with Crippen LogP contribution in [0.4, 0.5) is 0 Å². The van der Waals surface area contributed by atoms with Crippen LogP contribution in [0.2, 0.25) is 0 Å². The molecule has 0 aliphatic heterocycles. The molecule has 1 atom stereocenters. The molecule has 2 rings (SSSR count). The number of hydrazine groups is 1. The number of methoxy groups -OCH3 is 1. The standard InChI is InChI=1S/C17H22N2O2/c1-12-9-13(2)17(16(10-12)20-3)15(19-18)11-21-14-7-5-4-6-8-14/h4-10,15,19H,11,18H2,1-3H3. The van der Waals surface area contributed by atoms with Crippen molar-refractivity contribution in [2.24, 2.45) is 5.84 Å². The van der Waals surface area contributed by atoms with Crippen LogP contribution in [0, 0.1) is 13.8 Å². The first-order valence-corrected chi connectivity index (χ1v) is 6.94. The van der Waals surface area contributed by atoms with E-state index in [2.05, 4.69) is 18.4 Å². The quantitative estimate of drug-likeness (QED) is 0.633. The van der Waals surface area contributed by atoms with E-state index < -0.39 is 0 Å². The van der Waals surface area contributed by atoms with Crippen LogP contribution in [-0.4, -0.2) is 13.7 Å². The number of rotatable bonds is 6. The summed E-state index contributed by atoms with van der Waals surface area (Å²) < 4.78 is 11.3. The molecular formula is C17H22N2O2. The molecule has 1 unspecified atom stereocenters. The highest BCUT2D eigenvalue weighted by atomic mass is 16.5. The number of para-hydroxylation sites is 1. The van der Waals surface area contributed by atoms with E-state index >= 15 is 0 Å². The molecule has 0 heterocycles. The van der Waals surface area contributed by atoms with Crippen LogP contribution >= 0.6 is 0 Å². The second-order valence-corrected chi connectivity index (χ2v) is 5.04. The van der Waals surface area contributed by atoms with Crippen molar-refractivity contribution in [3.8, 4) is 11.5 Å². The molecule has 0 saturated carbocycles. The Morgan fingerprint density at radius 2 is 1.86 bits per heavy atom. The van der Waals surface area contributed by atoms with Gasteiger partial charge in [-0.1, -0.05) is 24.3 Å². The largest absolute Gasteiger partial charge is 0.496 e. The molecule has 4 nitrogen and oxygen atoms in total. The van der Waals surface area contributed by atoms with Crippen molar-refractivity contribution in [3.63, 3.8) is 0 Å². The minimum absolute atomic E-state index is 0.138. The van der Waals surface area contributed by atoms with Gasteiger partial charge in [0.2, 0.25) is 0 Å². The molecule has 0 fully saturated rings. The fourth-order valence-electron chi connectivity index (χ4n) is 2.47. The summed E-state index contributed by atoms with van der Waals surface area (Å²) in [4.78, 5) is 0. The summed E-state index contributed by atoms with van der Waals surface area (Å²) in [5.74, 6) is 7.36. The van der Waals surface area contributed by atoms with Crippen molar-refractivity contribution in [1.82, 2.24) is 5.43 Å². The highest BCUT2D eigenvalue weighted by Gasteiger charge is 2.18. The lowest BCUT2D eigenvalue weighted by Gasteiger charge is -2.22. The smallest absolute Gasteiger partial charge is 0.124 e. The number of benzene rings is 2. The van der Waals surface area contributed by atoms with Crippen molar-refractivity contribution < 1.29 is 9.47 Å². The maximum absolute atomic E-state index is 5.80. The van der Waals surface area contributed by atoms with Crippen LogP contribution in [0.1, 0.15) is 22.7 Å². The SMILES string of the molecule is COc1cc(C)cc(C)c1C(COc1ccccc1)NN. The van der Waals surface area contributed by atoms with Gasteiger partial charge in [-0.25, -0.2) is 5.43 Å². The van der Waals surface area contributed by atoms with Gasteiger partial charge in [0, 0.05) is 5.56 Å². The van der Waals surface area contributed by atoms with E-state index in [9.17, 15) is 0 Å². The summed E-state index contributed by atoms with van der Waals surface area (Å²) in [5, 5.41) is 0. The lowest BCUT2D eigenvalue weighted by Crippen LogP contribution is -2.33. The summed E-state index contributed by atoms with van der Waals surface area (Å²) in [6, 6.07) is 13.7. The first-order chi connectivity index (χ1) is 10.2. The predicted molar refractivity (Wildman–Crippen MR) is 84.5 cm³/mol. The molecule has 21 heavy (non-hydrogen) atoms. The molecule has 0 spiro atoms. The molecule has 2 aromatic carbocycles. The summed E-state index contributed by atoms with van der Waals surface area (Å²) in [6.07, 6.45) is 0. The normalized spacial score (nSPS) is 12.0. The van der Waals surface area contributed by atoms with Gasteiger partial charge in [-0.15, -0.1) is 0 Å². The zero-order valence-electron chi connectivity index (χ0n) is 12.7. The highest BCUT2D eigenvalue weighted by molar-refractivity contribution is 5.45. The lowest BCUT2D eigenvalue weighted by atomic mass is 9.98. The molecule has 112 valence electrons. The van der Waals surface area contributed by atoms with Gasteiger partial charge in [-0.2, -0.15) is 0 Å². The van der Waals surface area contributed by atoms with Gasteiger partial charge in [0.25, 0.3) is 0 Å². The van der Waals surface area contributed by atoms with E-state index in [-0.39, 0.29) is 6.04 Å². The maximum Gasteiger partial charge on any atom is 0.124 e. The first-order valence-electron chi connectivity index (χ1n) is 6.94. The van der Waals surface area contributed by atoms with Crippen molar-refractivity contribution >= 4 is 0 Å². The minimum atomic E-state index is -0.138. The Labute approximate surface area is 125 Å². The zero-order valence-corrected chi connectivity index (χ0v) is 12.7. The molecule has 0 radical (unpaired) electrons. The summed E-state index contributed by atoms with van der Waals surface area (Å²) in [5.41, 5.74) is 6.14. The fraction of sp³-hybridized carbons (Fsp3) is 0.294. The topological polar surface area (TPSA) is 56.5 Å². The Balaban J connectivity index is 2.21. The van der Waals surface area contributed by atoms with E-state index in [1.54, 1.807) is 7.11 Å². The number of hydrogen-bond donors (Lipinski definition) is 2. The highest BCUT2D eigenvalue weighted by Crippen LogP contribution is 2.30. The Morgan fingerprint density at radius 3 is 2.48 bits per heavy atom. The van der Waals surface area contributed by atoms with Gasteiger partial charge < -0.3 is 9.47 Å². The van der Waals surface area contributed by atoms with Crippen LogP contribution in [0.25, 0.3) is 0 Å². The van der Waals surface area contributed by atoms with Crippen LogP contribution in [0.3, 0.4) is 0 Å². The predicted octanol–water partition coefficient (Wildman–Crippen LogP) is 2.90. The molecule has 4 heteroatoms. The van der Waals surface area contributed by atoms with Crippen molar-refractivity contribution in [1.29, 1.82) is 0 Å². The molecule has 2 aromatic rings. The summed E-state index contributed by atoms with van der Waals surface area (Å²) >= 11 is 0. The van der Waals surface area contributed by atoms with Crippen LogP contribution in [0.15, 0.2) is 42.5 Å². The first kappa shape index (κ1) is 15.4. The van der Waals surface area contributed by atoms with Crippen molar-refractivity contribution in [3.05, 3.63) is 59.2 Å². The zero-order chi connectivity index (χ0) is 15.2. The Hall–Kier alpha value is -2.04. The second-order valence-electron chi connectivity index (χ2n) is 5.04. The third-order valence-electron chi connectivity index (χ3n) is 3.42. The maximum atomic E-state index is 5.80. The molecule has 0 amide bonds. The van der Waals surface area contributed by atoms with Gasteiger partial charge in [-0.3, -0.25) is 5.84 Å². The monoisotopic (exact) mass is 286 g/mol. The van der Waals surface area contributed by atoms with Crippen LogP contribution in [-0.2, 0) is 0 Å². The van der Waals surface area contributed by atoms with E-state index in [1.807, 2.05) is 43.3 Å². The van der Waals surface area contributed by atoms with Gasteiger partial charge in [0.05, 0.1) is 13.2 Å². The number of aryl methyl sites for hydroxylation is 2. The summed E-state index contributed by atoms with van der Waals surface area (Å²) in [6.45, 7) is 4.53. The molecular weight excluding hydrogens is 264 g/mol. The van der Waals surface area contributed by atoms with Crippen molar-refractivity contribution in [2.45, 2.75) is 19.9 Å². The number of hydrogen-bond acceptors (Lipinski definition) is 4. The molecule has 0 aliphatic carbocycles. The number of nitrogens with one attached hydrogen (secondary N) is 1. The third kappa shape index (κ3) is 3.74. The van der Waals surface area contributed by atoms with E-state index in [0.29, 0.717) is 6.61 Å². The Morgan fingerprint density at radius 1 is 1.14 bits per heavy atom. The molecule has 0 bridgehead atoms. The number of ether oxygens (including phenoxy) is 2. The van der Waals surface area contributed by atoms with Gasteiger partial charge in [0.1, 0.15) is 18.1 Å². The van der Waals surface area contributed by atoms with Gasteiger partial charge >= 0.3 is 0 Å². The summed E-state index contributed by atoms with van der Waals surface area (Å²) in [7, 11) is 1.67. The Kier molecular flexibility index (Phi) is 5.20.